The molecule has 0 saturated heterocycles. The molecule has 2 heterocycles. The van der Waals surface area contributed by atoms with Crippen LogP contribution < -0.4 is 0 Å². The van der Waals surface area contributed by atoms with E-state index < -0.39 is 0 Å². The maximum atomic E-state index is 10.4. The largest absolute Gasteiger partial charge is 0.388 e. The number of pyridine rings is 1. The van der Waals surface area contributed by atoms with Crippen molar-refractivity contribution in [3.63, 3.8) is 0 Å². The van der Waals surface area contributed by atoms with Crippen molar-refractivity contribution in [3.8, 4) is 0 Å². The molecule has 0 spiro atoms. The summed E-state index contributed by atoms with van der Waals surface area (Å²) in [6, 6.07) is 6.23. The molecule has 2 aromatic rings. The Labute approximate surface area is 126 Å². The molecule has 0 bridgehead atoms. The number of aliphatic hydroxyl groups is 1. The summed E-state index contributed by atoms with van der Waals surface area (Å²) in [4.78, 5) is 4.52. The van der Waals surface area contributed by atoms with E-state index in [1.54, 1.807) is 0 Å². The van der Waals surface area contributed by atoms with Gasteiger partial charge in [-0.15, -0.1) is 0 Å². The molecule has 0 radical (unpaired) electrons. The standard InChI is InChI=1S/C18H24N2O/c1-12-6-5-7-19-15(12)11-20-13(2)8-14-16(20)9-18(3,4)10-17(14)21/h5-8,17,21H,9-11H2,1-4H3. The summed E-state index contributed by atoms with van der Waals surface area (Å²) in [6.45, 7) is 9.48. The molecule has 0 aromatic carbocycles. The number of rotatable bonds is 2. The predicted octanol–water partition coefficient (Wildman–Crippen LogP) is 3.55. The number of aromatic nitrogens is 2. The highest BCUT2D eigenvalue weighted by atomic mass is 16.3. The highest BCUT2D eigenvalue weighted by Gasteiger charge is 2.34. The Morgan fingerprint density at radius 1 is 1.38 bits per heavy atom. The van der Waals surface area contributed by atoms with Crippen molar-refractivity contribution >= 4 is 0 Å². The van der Waals surface area contributed by atoms with E-state index in [2.05, 4.69) is 49.4 Å². The van der Waals surface area contributed by atoms with E-state index in [0.717, 1.165) is 30.6 Å². The molecule has 0 aliphatic heterocycles. The van der Waals surface area contributed by atoms with Gasteiger partial charge in [-0.3, -0.25) is 4.98 Å². The third-order valence-corrected chi connectivity index (χ3v) is 4.63. The smallest absolute Gasteiger partial charge is 0.0812 e. The molecule has 3 rings (SSSR count). The fraction of sp³-hybridized carbons (Fsp3) is 0.500. The first-order chi connectivity index (χ1) is 9.87. The molecule has 1 unspecified atom stereocenters. The molecule has 3 heteroatoms. The Kier molecular flexibility index (Phi) is 3.40. The van der Waals surface area contributed by atoms with Crippen molar-refractivity contribution < 1.29 is 5.11 Å². The fourth-order valence-corrected chi connectivity index (χ4v) is 3.45. The van der Waals surface area contributed by atoms with E-state index in [9.17, 15) is 5.11 Å². The molecule has 1 aliphatic rings. The zero-order valence-corrected chi connectivity index (χ0v) is 13.3. The Balaban J connectivity index is 2.03. The summed E-state index contributed by atoms with van der Waals surface area (Å²) in [5.74, 6) is 0. The Hall–Kier alpha value is -1.61. The summed E-state index contributed by atoms with van der Waals surface area (Å²) in [6.07, 6.45) is 3.37. The van der Waals surface area contributed by atoms with Crippen molar-refractivity contribution in [1.29, 1.82) is 0 Å². The first-order valence-electron chi connectivity index (χ1n) is 7.65. The Morgan fingerprint density at radius 2 is 2.14 bits per heavy atom. The summed E-state index contributed by atoms with van der Waals surface area (Å²) < 4.78 is 2.33. The lowest BCUT2D eigenvalue weighted by molar-refractivity contribution is 0.0981. The van der Waals surface area contributed by atoms with Crippen LogP contribution in [0.3, 0.4) is 0 Å². The first kappa shape index (κ1) is 14.3. The lowest BCUT2D eigenvalue weighted by Crippen LogP contribution is -2.27. The van der Waals surface area contributed by atoms with Crippen LogP contribution in [0.5, 0.6) is 0 Å². The normalized spacial score (nSPS) is 20.3. The van der Waals surface area contributed by atoms with Gasteiger partial charge >= 0.3 is 0 Å². The quantitative estimate of drug-likeness (QED) is 0.915. The monoisotopic (exact) mass is 284 g/mol. The van der Waals surface area contributed by atoms with Crippen molar-refractivity contribution in [3.05, 3.63) is 52.6 Å². The summed E-state index contributed by atoms with van der Waals surface area (Å²) in [7, 11) is 0. The van der Waals surface area contributed by atoms with Crippen LogP contribution in [0.1, 0.15) is 54.6 Å². The third kappa shape index (κ3) is 2.62. The van der Waals surface area contributed by atoms with E-state index in [-0.39, 0.29) is 11.5 Å². The maximum Gasteiger partial charge on any atom is 0.0812 e. The minimum absolute atomic E-state index is 0.147. The predicted molar refractivity (Wildman–Crippen MR) is 84.3 cm³/mol. The van der Waals surface area contributed by atoms with E-state index in [4.69, 9.17) is 0 Å². The Morgan fingerprint density at radius 3 is 2.86 bits per heavy atom. The highest BCUT2D eigenvalue weighted by molar-refractivity contribution is 5.34. The first-order valence-corrected chi connectivity index (χ1v) is 7.65. The van der Waals surface area contributed by atoms with Crippen molar-refractivity contribution in [2.75, 3.05) is 0 Å². The molecule has 1 aliphatic carbocycles. The highest BCUT2D eigenvalue weighted by Crippen LogP contribution is 2.42. The third-order valence-electron chi connectivity index (χ3n) is 4.63. The van der Waals surface area contributed by atoms with Gasteiger partial charge in [0.05, 0.1) is 18.3 Å². The molecular formula is C18H24N2O. The van der Waals surface area contributed by atoms with Crippen LogP contribution in [0.15, 0.2) is 24.4 Å². The number of hydrogen-bond acceptors (Lipinski definition) is 2. The second kappa shape index (κ2) is 4.99. The van der Waals surface area contributed by atoms with E-state index >= 15 is 0 Å². The lowest BCUT2D eigenvalue weighted by atomic mass is 9.75. The number of hydrogen-bond donors (Lipinski definition) is 1. The van der Waals surface area contributed by atoms with Crippen molar-refractivity contribution in [1.82, 2.24) is 9.55 Å². The molecular weight excluding hydrogens is 260 g/mol. The molecule has 1 N–H and O–H groups in total. The van der Waals surface area contributed by atoms with Gasteiger partial charge in [-0.2, -0.15) is 0 Å². The van der Waals surface area contributed by atoms with Crippen LogP contribution >= 0.6 is 0 Å². The summed E-state index contributed by atoms with van der Waals surface area (Å²) in [5.41, 5.74) is 6.07. The molecule has 0 fully saturated rings. The second-order valence-electron chi connectivity index (χ2n) is 7.10. The van der Waals surface area contributed by atoms with Gasteiger partial charge < -0.3 is 9.67 Å². The number of nitrogens with zero attached hydrogens (tertiary/aromatic N) is 2. The molecule has 1 atom stereocenters. The van der Waals surface area contributed by atoms with Crippen LogP contribution in [0, 0.1) is 19.3 Å². The number of aryl methyl sites for hydroxylation is 2. The Bertz CT molecular complexity index is 670. The molecule has 3 nitrogen and oxygen atoms in total. The van der Waals surface area contributed by atoms with Crippen LogP contribution in [0.2, 0.25) is 0 Å². The SMILES string of the molecule is Cc1cccnc1Cn1c(C)cc2c1CC(C)(C)CC2O. The molecule has 2 aromatic heterocycles. The van der Waals surface area contributed by atoms with Crippen LogP contribution in [-0.2, 0) is 13.0 Å². The van der Waals surface area contributed by atoms with Crippen LogP contribution in [0.25, 0.3) is 0 Å². The van der Waals surface area contributed by atoms with Gasteiger partial charge in [0.1, 0.15) is 0 Å². The second-order valence-corrected chi connectivity index (χ2v) is 7.10. The van der Waals surface area contributed by atoms with E-state index in [1.165, 1.54) is 17.0 Å². The van der Waals surface area contributed by atoms with Gasteiger partial charge in [0.15, 0.2) is 0 Å². The molecule has 112 valence electrons. The average Bonchev–Trinajstić information content (AvgIpc) is 2.69. The molecule has 0 saturated carbocycles. The lowest BCUT2D eigenvalue weighted by Gasteiger charge is -2.34. The van der Waals surface area contributed by atoms with Gasteiger partial charge in [-0.25, -0.2) is 0 Å². The van der Waals surface area contributed by atoms with Gasteiger partial charge in [-0.1, -0.05) is 19.9 Å². The minimum atomic E-state index is -0.339. The van der Waals surface area contributed by atoms with Crippen LogP contribution in [0.4, 0.5) is 0 Å². The maximum absolute atomic E-state index is 10.4. The molecule has 21 heavy (non-hydrogen) atoms. The average molecular weight is 284 g/mol. The van der Waals surface area contributed by atoms with Gasteiger partial charge in [-0.05, 0) is 49.8 Å². The van der Waals surface area contributed by atoms with E-state index in [0.29, 0.717) is 0 Å². The van der Waals surface area contributed by atoms with Gasteiger partial charge in [0.2, 0.25) is 0 Å². The summed E-state index contributed by atoms with van der Waals surface area (Å²) in [5, 5.41) is 10.4. The fourth-order valence-electron chi connectivity index (χ4n) is 3.45. The van der Waals surface area contributed by atoms with Crippen LogP contribution in [-0.4, -0.2) is 14.7 Å². The number of aliphatic hydroxyl groups excluding tert-OH is 1. The zero-order chi connectivity index (χ0) is 15.2. The van der Waals surface area contributed by atoms with Gasteiger partial charge in [0, 0.05) is 23.1 Å². The summed E-state index contributed by atoms with van der Waals surface area (Å²) >= 11 is 0. The zero-order valence-electron chi connectivity index (χ0n) is 13.3. The topological polar surface area (TPSA) is 38.0 Å². The number of fused-ring (bicyclic) bond motifs is 1. The minimum Gasteiger partial charge on any atom is -0.388 e. The van der Waals surface area contributed by atoms with Crippen molar-refractivity contribution in [2.45, 2.75) is 53.2 Å². The molecule has 0 amide bonds. The van der Waals surface area contributed by atoms with Gasteiger partial charge in [0.25, 0.3) is 0 Å². The van der Waals surface area contributed by atoms with Crippen molar-refractivity contribution in [2.24, 2.45) is 5.41 Å². The van der Waals surface area contributed by atoms with E-state index in [1.807, 2.05) is 12.3 Å².